The highest BCUT2D eigenvalue weighted by molar-refractivity contribution is 6.29. The lowest BCUT2D eigenvalue weighted by molar-refractivity contribution is 0.127. The topological polar surface area (TPSA) is 16.1 Å². The molecule has 2 rings (SSSR count). The van der Waals surface area contributed by atoms with Crippen molar-refractivity contribution in [2.75, 3.05) is 13.1 Å². The van der Waals surface area contributed by atoms with Gasteiger partial charge in [-0.25, -0.2) is 4.98 Å². The molecule has 1 aliphatic heterocycles. The largest absolute Gasteiger partial charge is 0.299 e. The van der Waals surface area contributed by atoms with Crippen LogP contribution >= 0.6 is 11.6 Å². The average molecular weight is 239 g/mol. The monoisotopic (exact) mass is 238 g/mol. The Balaban J connectivity index is 1.92. The molecule has 1 saturated heterocycles. The number of halogens is 1. The highest BCUT2D eigenvalue weighted by Crippen LogP contribution is 2.30. The molecular formula is C13H19ClN2. The maximum atomic E-state index is 5.88. The van der Waals surface area contributed by atoms with Crippen molar-refractivity contribution in [1.29, 1.82) is 0 Å². The first-order chi connectivity index (χ1) is 7.55. The summed E-state index contributed by atoms with van der Waals surface area (Å²) in [4.78, 5) is 6.50. The predicted molar refractivity (Wildman–Crippen MR) is 67.5 cm³/mol. The number of hydrogen-bond acceptors (Lipinski definition) is 2. The van der Waals surface area contributed by atoms with Crippen molar-refractivity contribution in [2.45, 2.75) is 33.2 Å². The van der Waals surface area contributed by atoms with Gasteiger partial charge in [-0.3, -0.25) is 4.90 Å². The van der Waals surface area contributed by atoms with Gasteiger partial charge in [0, 0.05) is 12.7 Å². The summed E-state index contributed by atoms with van der Waals surface area (Å²) >= 11 is 5.88. The Morgan fingerprint density at radius 1 is 1.38 bits per heavy atom. The molecule has 16 heavy (non-hydrogen) atoms. The Kier molecular flexibility index (Phi) is 3.50. The summed E-state index contributed by atoms with van der Waals surface area (Å²) in [5.41, 5.74) is 1.78. The van der Waals surface area contributed by atoms with E-state index in [-0.39, 0.29) is 0 Å². The van der Waals surface area contributed by atoms with E-state index in [0.717, 1.165) is 6.54 Å². The van der Waals surface area contributed by atoms with Crippen LogP contribution in [-0.4, -0.2) is 23.0 Å². The molecule has 0 atom stereocenters. The van der Waals surface area contributed by atoms with Crippen molar-refractivity contribution in [3.63, 3.8) is 0 Å². The molecule has 0 saturated carbocycles. The molecule has 0 aliphatic carbocycles. The van der Waals surface area contributed by atoms with Gasteiger partial charge in [-0.2, -0.15) is 0 Å². The van der Waals surface area contributed by atoms with E-state index in [1.807, 2.05) is 12.1 Å². The minimum Gasteiger partial charge on any atom is -0.299 e. The number of hydrogen-bond donors (Lipinski definition) is 0. The third kappa shape index (κ3) is 3.19. The van der Waals surface area contributed by atoms with E-state index in [2.05, 4.69) is 23.7 Å². The summed E-state index contributed by atoms with van der Waals surface area (Å²) in [5, 5.41) is 0.592. The van der Waals surface area contributed by atoms with E-state index in [9.17, 15) is 0 Å². The summed E-state index contributed by atoms with van der Waals surface area (Å²) in [6, 6.07) is 4.01. The Hall–Kier alpha value is -0.600. The van der Waals surface area contributed by atoms with Gasteiger partial charge in [0.2, 0.25) is 0 Å². The second-order valence-corrected chi connectivity index (χ2v) is 5.81. The van der Waals surface area contributed by atoms with Crippen LogP contribution in [0.1, 0.15) is 32.3 Å². The summed E-state index contributed by atoms with van der Waals surface area (Å²) < 4.78 is 0. The first-order valence-corrected chi connectivity index (χ1v) is 6.26. The molecule has 0 bridgehead atoms. The van der Waals surface area contributed by atoms with Gasteiger partial charge in [0.05, 0.1) is 0 Å². The molecule has 88 valence electrons. The van der Waals surface area contributed by atoms with Crippen LogP contribution in [0.2, 0.25) is 5.15 Å². The van der Waals surface area contributed by atoms with Crippen molar-refractivity contribution in [3.8, 4) is 0 Å². The maximum Gasteiger partial charge on any atom is 0.129 e. The normalized spacial score (nSPS) is 20.9. The van der Waals surface area contributed by atoms with Crippen LogP contribution in [0.15, 0.2) is 18.3 Å². The van der Waals surface area contributed by atoms with Gasteiger partial charge >= 0.3 is 0 Å². The van der Waals surface area contributed by atoms with Crippen molar-refractivity contribution >= 4 is 11.6 Å². The zero-order valence-corrected chi connectivity index (χ0v) is 10.8. The second-order valence-electron chi connectivity index (χ2n) is 5.43. The molecule has 0 N–H and O–H groups in total. The lowest BCUT2D eigenvalue weighted by Crippen LogP contribution is -2.36. The molecule has 0 unspecified atom stereocenters. The van der Waals surface area contributed by atoms with Gasteiger partial charge in [0.1, 0.15) is 5.15 Å². The molecule has 1 aromatic rings. The van der Waals surface area contributed by atoms with Gasteiger partial charge in [-0.15, -0.1) is 0 Å². The SMILES string of the molecule is CC1(C)CCN(Cc2ccnc(Cl)c2)CC1. The number of pyridine rings is 1. The highest BCUT2D eigenvalue weighted by atomic mass is 35.5. The van der Waals surface area contributed by atoms with Crippen molar-refractivity contribution in [1.82, 2.24) is 9.88 Å². The van der Waals surface area contributed by atoms with Gasteiger partial charge in [0.15, 0.2) is 0 Å². The molecule has 1 fully saturated rings. The predicted octanol–water partition coefficient (Wildman–Crippen LogP) is 3.36. The fraction of sp³-hybridized carbons (Fsp3) is 0.615. The van der Waals surface area contributed by atoms with Crippen molar-refractivity contribution in [3.05, 3.63) is 29.0 Å². The van der Waals surface area contributed by atoms with Crippen LogP contribution in [-0.2, 0) is 6.54 Å². The van der Waals surface area contributed by atoms with Crippen molar-refractivity contribution in [2.24, 2.45) is 5.41 Å². The first kappa shape index (κ1) is 11.9. The Morgan fingerprint density at radius 2 is 2.06 bits per heavy atom. The number of nitrogens with zero attached hydrogens (tertiary/aromatic N) is 2. The van der Waals surface area contributed by atoms with Gasteiger partial charge in [0.25, 0.3) is 0 Å². The zero-order chi connectivity index (χ0) is 11.6. The fourth-order valence-corrected chi connectivity index (χ4v) is 2.31. The lowest BCUT2D eigenvalue weighted by atomic mass is 9.82. The number of piperidine rings is 1. The Labute approximate surface area is 103 Å². The number of aromatic nitrogens is 1. The Bertz CT molecular complexity index is 353. The third-order valence-electron chi connectivity index (χ3n) is 3.41. The average Bonchev–Trinajstić information content (AvgIpc) is 2.21. The molecule has 2 heterocycles. The van der Waals surface area contributed by atoms with Gasteiger partial charge in [-0.05, 0) is 49.0 Å². The molecular weight excluding hydrogens is 220 g/mol. The van der Waals surface area contributed by atoms with Crippen LogP contribution in [0.4, 0.5) is 0 Å². The van der Waals surface area contributed by atoms with Crippen LogP contribution < -0.4 is 0 Å². The van der Waals surface area contributed by atoms with E-state index in [4.69, 9.17) is 11.6 Å². The Morgan fingerprint density at radius 3 is 2.69 bits per heavy atom. The molecule has 0 spiro atoms. The molecule has 0 amide bonds. The zero-order valence-electron chi connectivity index (χ0n) is 10.0. The molecule has 1 aromatic heterocycles. The van der Waals surface area contributed by atoms with Crippen LogP contribution in [0, 0.1) is 5.41 Å². The highest BCUT2D eigenvalue weighted by Gasteiger charge is 2.25. The van der Waals surface area contributed by atoms with Gasteiger partial charge < -0.3 is 0 Å². The standard InChI is InChI=1S/C13H19ClN2/c1-13(2)4-7-16(8-5-13)10-11-3-6-15-12(14)9-11/h3,6,9H,4-5,7-8,10H2,1-2H3. The van der Waals surface area contributed by atoms with Crippen LogP contribution in [0.3, 0.4) is 0 Å². The summed E-state index contributed by atoms with van der Waals surface area (Å²) in [7, 11) is 0. The lowest BCUT2D eigenvalue weighted by Gasteiger charge is -2.36. The number of rotatable bonds is 2. The maximum absolute atomic E-state index is 5.88. The minimum absolute atomic E-state index is 0.520. The molecule has 2 nitrogen and oxygen atoms in total. The molecule has 0 aromatic carbocycles. The van der Waals surface area contributed by atoms with Crippen LogP contribution in [0.5, 0.6) is 0 Å². The second kappa shape index (κ2) is 4.72. The smallest absolute Gasteiger partial charge is 0.129 e. The van der Waals surface area contributed by atoms with E-state index in [1.54, 1.807) is 6.20 Å². The first-order valence-electron chi connectivity index (χ1n) is 5.88. The van der Waals surface area contributed by atoms with E-state index >= 15 is 0 Å². The third-order valence-corrected chi connectivity index (χ3v) is 3.61. The molecule has 1 aliphatic rings. The van der Waals surface area contributed by atoms with Gasteiger partial charge in [-0.1, -0.05) is 25.4 Å². The quantitative estimate of drug-likeness (QED) is 0.735. The fourth-order valence-electron chi connectivity index (χ4n) is 2.12. The van der Waals surface area contributed by atoms with Crippen molar-refractivity contribution < 1.29 is 0 Å². The summed E-state index contributed by atoms with van der Waals surface area (Å²) in [6.07, 6.45) is 4.35. The van der Waals surface area contributed by atoms with E-state index in [0.29, 0.717) is 10.6 Å². The van der Waals surface area contributed by atoms with E-state index < -0.39 is 0 Å². The number of likely N-dealkylation sites (tertiary alicyclic amines) is 1. The summed E-state index contributed by atoms with van der Waals surface area (Å²) in [6.45, 7) is 8.08. The molecule has 3 heteroatoms. The minimum atomic E-state index is 0.520. The van der Waals surface area contributed by atoms with Crippen LogP contribution in [0.25, 0.3) is 0 Å². The molecule has 0 radical (unpaired) electrons. The van der Waals surface area contributed by atoms with E-state index in [1.165, 1.54) is 31.5 Å². The summed E-state index contributed by atoms with van der Waals surface area (Å²) in [5.74, 6) is 0.